The van der Waals surface area contributed by atoms with Gasteiger partial charge in [-0.2, -0.15) is 0 Å². The molecule has 0 bridgehead atoms. The van der Waals surface area contributed by atoms with Crippen LogP contribution in [0, 0.1) is 17.7 Å². The van der Waals surface area contributed by atoms with Gasteiger partial charge in [-0.1, -0.05) is 28.8 Å². The molecule has 1 saturated carbocycles. The molecule has 4 heteroatoms. The number of hydrogen-bond acceptors (Lipinski definition) is 2. The summed E-state index contributed by atoms with van der Waals surface area (Å²) in [7, 11) is 0. The SMILES string of the molecule is NCC1CCCCC1COCc1cc(F)cc(Br)c1. The van der Waals surface area contributed by atoms with Gasteiger partial charge < -0.3 is 10.5 Å². The van der Waals surface area contributed by atoms with E-state index in [4.69, 9.17) is 10.5 Å². The van der Waals surface area contributed by atoms with Gasteiger partial charge in [0.05, 0.1) is 13.2 Å². The molecule has 2 N–H and O–H groups in total. The van der Waals surface area contributed by atoms with Crippen molar-refractivity contribution in [3.63, 3.8) is 0 Å². The van der Waals surface area contributed by atoms with Crippen LogP contribution in [0.5, 0.6) is 0 Å². The van der Waals surface area contributed by atoms with Gasteiger partial charge in [0.25, 0.3) is 0 Å². The lowest BCUT2D eigenvalue weighted by atomic mass is 9.80. The van der Waals surface area contributed by atoms with Crippen LogP contribution in [-0.2, 0) is 11.3 Å². The van der Waals surface area contributed by atoms with Crippen molar-refractivity contribution >= 4 is 15.9 Å². The zero-order valence-electron chi connectivity index (χ0n) is 11.1. The second-order valence-corrected chi connectivity index (χ2v) is 6.25. The Bertz CT molecular complexity index is 393. The van der Waals surface area contributed by atoms with E-state index in [9.17, 15) is 4.39 Å². The van der Waals surface area contributed by atoms with Gasteiger partial charge in [-0.15, -0.1) is 0 Å². The summed E-state index contributed by atoms with van der Waals surface area (Å²) >= 11 is 3.29. The standard InChI is InChI=1S/C15H21BrFNO/c16-14-5-11(6-15(17)7-14)9-19-10-13-4-2-1-3-12(13)8-18/h5-7,12-13H,1-4,8-10,18H2. The fourth-order valence-corrected chi connectivity index (χ4v) is 3.35. The van der Waals surface area contributed by atoms with E-state index in [0.29, 0.717) is 18.4 Å². The molecule has 106 valence electrons. The molecule has 1 aliphatic rings. The zero-order chi connectivity index (χ0) is 13.7. The molecular formula is C15H21BrFNO. The predicted octanol–water partition coefficient (Wildman–Crippen LogP) is 3.87. The Balaban J connectivity index is 1.82. The van der Waals surface area contributed by atoms with E-state index in [1.807, 2.05) is 6.07 Å². The highest BCUT2D eigenvalue weighted by Gasteiger charge is 2.23. The minimum atomic E-state index is -0.231. The maximum atomic E-state index is 13.2. The number of halogens is 2. The highest BCUT2D eigenvalue weighted by molar-refractivity contribution is 9.10. The Morgan fingerprint density at radius 1 is 1.21 bits per heavy atom. The quantitative estimate of drug-likeness (QED) is 0.889. The molecule has 1 aliphatic carbocycles. The van der Waals surface area contributed by atoms with E-state index in [1.165, 1.54) is 37.8 Å². The van der Waals surface area contributed by atoms with Crippen molar-refractivity contribution in [2.24, 2.45) is 17.6 Å². The number of ether oxygens (including phenoxy) is 1. The summed E-state index contributed by atoms with van der Waals surface area (Å²) in [5, 5.41) is 0. The largest absolute Gasteiger partial charge is 0.376 e. The Kier molecular flexibility index (Phi) is 5.79. The van der Waals surface area contributed by atoms with Gasteiger partial charge in [0, 0.05) is 4.47 Å². The Hall–Kier alpha value is -0.450. The molecule has 1 aromatic rings. The van der Waals surface area contributed by atoms with Crippen molar-refractivity contribution in [2.45, 2.75) is 32.3 Å². The first kappa shape index (κ1) is 14.9. The number of benzene rings is 1. The average molecular weight is 330 g/mol. The van der Waals surface area contributed by atoms with Crippen LogP contribution in [0.3, 0.4) is 0 Å². The van der Waals surface area contributed by atoms with Crippen molar-refractivity contribution < 1.29 is 9.13 Å². The number of nitrogens with two attached hydrogens (primary N) is 1. The normalized spacial score (nSPS) is 23.5. The highest BCUT2D eigenvalue weighted by Crippen LogP contribution is 2.29. The average Bonchev–Trinajstić information content (AvgIpc) is 2.38. The predicted molar refractivity (Wildman–Crippen MR) is 78.3 cm³/mol. The van der Waals surface area contributed by atoms with Crippen LogP contribution in [0.25, 0.3) is 0 Å². The molecule has 1 fully saturated rings. The van der Waals surface area contributed by atoms with Crippen LogP contribution in [0.1, 0.15) is 31.2 Å². The minimum absolute atomic E-state index is 0.231. The molecule has 19 heavy (non-hydrogen) atoms. The molecule has 2 rings (SSSR count). The molecule has 0 saturated heterocycles. The monoisotopic (exact) mass is 329 g/mol. The Morgan fingerprint density at radius 3 is 2.63 bits per heavy atom. The van der Waals surface area contributed by atoms with Crippen LogP contribution in [-0.4, -0.2) is 13.2 Å². The van der Waals surface area contributed by atoms with Crippen molar-refractivity contribution in [3.8, 4) is 0 Å². The first-order chi connectivity index (χ1) is 9.19. The van der Waals surface area contributed by atoms with E-state index < -0.39 is 0 Å². The maximum absolute atomic E-state index is 13.2. The minimum Gasteiger partial charge on any atom is -0.376 e. The lowest BCUT2D eigenvalue weighted by Crippen LogP contribution is -2.29. The van der Waals surface area contributed by atoms with Gasteiger partial charge in [0.2, 0.25) is 0 Å². The highest BCUT2D eigenvalue weighted by atomic mass is 79.9. The molecule has 2 nitrogen and oxygen atoms in total. The first-order valence-electron chi connectivity index (χ1n) is 6.92. The van der Waals surface area contributed by atoms with Gasteiger partial charge >= 0.3 is 0 Å². The number of hydrogen-bond donors (Lipinski definition) is 1. The van der Waals surface area contributed by atoms with Crippen LogP contribution >= 0.6 is 15.9 Å². The van der Waals surface area contributed by atoms with Gasteiger partial charge in [0.1, 0.15) is 5.82 Å². The summed E-state index contributed by atoms with van der Waals surface area (Å²) in [6.45, 7) is 1.94. The smallest absolute Gasteiger partial charge is 0.124 e. The lowest BCUT2D eigenvalue weighted by Gasteiger charge is -2.30. The van der Waals surface area contributed by atoms with Gasteiger partial charge in [0.15, 0.2) is 0 Å². The van der Waals surface area contributed by atoms with Crippen molar-refractivity contribution in [1.82, 2.24) is 0 Å². The third-order valence-electron chi connectivity index (χ3n) is 3.89. The fraction of sp³-hybridized carbons (Fsp3) is 0.600. The Labute approximate surface area is 122 Å². The van der Waals surface area contributed by atoms with E-state index >= 15 is 0 Å². The summed E-state index contributed by atoms with van der Waals surface area (Å²) in [6, 6.07) is 4.87. The summed E-state index contributed by atoms with van der Waals surface area (Å²) in [5.41, 5.74) is 6.67. The summed E-state index contributed by atoms with van der Waals surface area (Å²) in [6.07, 6.45) is 4.98. The van der Waals surface area contributed by atoms with Crippen LogP contribution in [0.2, 0.25) is 0 Å². The molecule has 0 aromatic heterocycles. The van der Waals surface area contributed by atoms with E-state index in [1.54, 1.807) is 0 Å². The van der Waals surface area contributed by atoms with Crippen LogP contribution in [0.4, 0.5) is 4.39 Å². The van der Waals surface area contributed by atoms with E-state index in [0.717, 1.165) is 23.2 Å². The van der Waals surface area contributed by atoms with E-state index in [2.05, 4.69) is 15.9 Å². The maximum Gasteiger partial charge on any atom is 0.124 e. The molecule has 0 heterocycles. The van der Waals surface area contributed by atoms with E-state index in [-0.39, 0.29) is 5.82 Å². The molecular weight excluding hydrogens is 309 g/mol. The molecule has 0 aliphatic heterocycles. The summed E-state index contributed by atoms with van der Waals surface area (Å²) in [4.78, 5) is 0. The zero-order valence-corrected chi connectivity index (χ0v) is 12.7. The first-order valence-corrected chi connectivity index (χ1v) is 7.71. The van der Waals surface area contributed by atoms with Gasteiger partial charge in [-0.25, -0.2) is 4.39 Å². The fourth-order valence-electron chi connectivity index (χ4n) is 2.84. The van der Waals surface area contributed by atoms with Crippen molar-refractivity contribution in [2.75, 3.05) is 13.2 Å². The second-order valence-electron chi connectivity index (χ2n) is 5.33. The topological polar surface area (TPSA) is 35.2 Å². The van der Waals surface area contributed by atoms with Crippen molar-refractivity contribution in [1.29, 1.82) is 0 Å². The lowest BCUT2D eigenvalue weighted by molar-refractivity contribution is 0.0511. The van der Waals surface area contributed by atoms with Crippen LogP contribution < -0.4 is 5.73 Å². The molecule has 0 radical (unpaired) electrons. The third-order valence-corrected chi connectivity index (χ3v) is 4.35. The molecule has 0 spiro atoms. The summed E-state index contributed by atoms with van der Waals surface area (Å²) < 4.78 is 19.7. The molecule has 0 amide bonds. The second kappa shape index (κ2) is 7.36. The van der Waals surface area contributed by atoms with Crippen LogP contribution in [0.15, 0.2) is 22.7 Å². The van der Waals surface area contributed by atoms with Crippen molar-refractivity contribution in [3.05, 3.63) is 34.1 Å². The molecule has 1 aromatic carbocycles. The number of rotatable bonds is 5. The third kappa shape index (κ3) is 4.55. The Morgan fingerprint density at radius 2 is 1.95 bits per heavy atom. The van der Waals surface area contributed by atoms with Gasteiger partial charge in [-0.05, 0) is 55.0 Å². The molecule has 2 unspecified atom stereocenters. The van der Waals surface area contributed by atoms with Gasteiger partial charge in [-0.3, -0.25) is 0 Å². The summed E-state index contributed by atoms with van der Waals surface area (Å²) in [5.74, 6) is 0.925. The molecule has 2 atom stereocenters.